The number of rotatable bonds is 2. The molecule has 0 aromatic rings. The predicted octanol–water partition coefficient (Wildman–Crippen LogP) is 2.08. The summed E-state index contributed by atoms with van der Waals surface area (Å²) >= 11 is 0. The molecule has 1 rings (SSSR count). The molecule has 1 aliphatic carbocycles. The first-order chi connectivity index (χ1) is 3.93. The van der Waals surface area contributed by atoms with Gasteiger partial charge in [-0.3, -0.25) is 0 Å². The Morgan fingerprint density at radius 2 is 2.50 bits per heavy atom. The molecule has 0 unspecified atom stereocenters. The molecule has 0 saturated carbocycles. The van der Waals surface area contributed by atoms with Crippen molar-refractivity contribution in [2.24, 2.45) is 0 Å². The van der Waals surface area contributed by atoms with E-state index in [1.165, 1.54) is 18.4 Å². The van der Waals surface area contributed by atoms with Crippen molar-refractivity contribution in [3.63, 3.8) is 0 Å². The van der Waals surface area contributed by atoms with Gasteiger partial charge in [-0.05, 0) is 25.7 Å². The van der Waals surface area contributed by atoms with Crippen molar-refractivity contribution in [3.8, 4) is 5.92 Å². The predicted molar refractivity (Wildman–Crippen MR) is 33.7 cm³/mol. The van der Waals surface area contributed by atoms with Crippen LogP contribution in [0.4, 0.5) is 0 Å². The zero-order chi connectivity index (χ0) is 5.82. The minimum Gasteiger partial charge on any atom is -0.0888 e. The Morgan fingerprint density at radius 1 is 1.75 bits per heavy atom. The van der Waals surface area contributed by atoms with Gasteiger partial charge in [0.15, 0.2) is 0 Å². The second kappa shape index (κ2) is 2.57. The lowest BCUT2D eigenvalue weighted by Crippen LogP contribution is -1.92. The summed E-state index contributed by atoms with van der Waals surface area (Å²) in [4.78, 5) is 0. The van der Waals surface area contributed by atoms with Crippen LogP contribution in [0.3, 0.4) is 0 Å². The third-order valence-corrected chi connectivity index (χ3v) is 1.47. The lowest BCUT2D eigenvalue weighted by molar-refractivity contribution is 0.792. The largest absolute Gasteiger partial charge is 0.0888 e. The van der Waals surface area contributed by atoms with Gasteiger partial charge >= 0.3 is 0 Å². The monoisotopic (exact) mass is 105 g/mol. The molecule has 1 aliphatic rings. The molecule has 0 N–H and O–H groups in total. The fourth-order valence-corrected chi connectivity index (χ4v) is 0.799. The lowest BCUT2D eigenvalue weighted by atomic mass is 9.95. The molecule has 41 valence electrons. The SMILES string of the molecule is [C]#CCCC1=CCC1. The van der Waals surface area contributed by atoms with Gasteiger partial charge in [0.1, 0.15) is 0 Å². The normalized spacial score (nSPS) is 16.1. The van der Waals surface area contributed by atoms with Gasteiger partial charge in [0.2, 0.25) is 0 Å². The maximum absolute atomic E-state index is 6.62. The van der Waals surface area contributed by atoms with Gasteiger partial charge in [-0.2, -0.15) is 0 Å². The summed E-state index contributed by atoms with van der Waals surface area (Å²) in [5, 5.41) is 0. The molecule has 0 saturated heterocycles. The van der Waals surface area contributed by atoms with Crippen molar-refractivity contribution < 1.29 is 0 Å². The van der Waals surface area contributed by atoms with E-state index < -0.39 is 0 Å². The van der Waals surface area contributed by atoms with Crippen LogP contribution in [0.5, 0.6) is 0 Å². The second-order valence-corrected chi connectivity index (χ2v) is 2.08. The van der Waals surface area contributed by atoms with E-state index in [1.807, 2.05) is 0 Å². The van der Waals surface area contributed by atoms with Crippen LogP contribution >= 0.6 is 0 Å². The van der Waals surface area contributed by atoms with Gasteiger partial charge in [-0.1, -0.05) is 17.6 Å². The second-order valence-electron chi connectivity index (χ2n) is 2.08. The molecule has 0 heterocycles. The number of allylic oxidation sites excluding steroid dienone is 2. The average Bonchev–Trinajstić information content (AvgIpc) is 1.63. The zero-order valence-electron chi connectivity index (χ0n) is 4.91. The third-order valence-electron chi connectivity index (χ3n) is 1.47. The molecule has 0 heteroatoms. The Kier molecular flexibility index (Phi) is 1.75. The highest BCUT2D eigenvalue weighted by molar-refractivity contribution is 5.12. The van der Waals surface area contributed by atoms with Crippen molar-refractivity contribution in [2.45, 2.75) is 25.7 Å². The topological polar surface area (TPSA) is 0 Å². The first kappa shape index (κ1) is 5.44. The minimum atomic E-state index is 0.811. The molecule has 0 fully saturated rings. The van der Waals surface area contributed by atoms with E-state index in [1.54, 1.807) is 0 Å². The van der Waals surface area contributed by atoms with E-state index in [2.05, 4.69) is 12.0 Å². The molecule has 0 bridgehead atoms. The van der Waals surface area contributed by atoms with Crippen LogP contribution in [0.1, 0.15) is 25.7 Å². The summed E-state index contributed by atoms with van der Waals surface area (Å²) in [5.41, 5.74) is 1.52. The molecule has 0 aromatic heterocycles. The van der Waals surface area contributed by atoms with Gasteiger partial charge < -0.3 is 0 Å². The van der Waals surface area contributed by atoms with Crippen LogP contribution in [0.15, 0.2) is 11.6 Å². The summed E-state index contributed by atoms with van der Waals surface area (Å²) in [5.74, 6) is 2.38. The maximum atomic E-state index is 6.62. The van der Waals surface area contributed by atoms with Crippen molar-refractivity contribution in [3.05, 3.63) is 18.1 Å². The fraction of sp³-hybridized carbons (Fsp3) is 0.500. The zero-order valence-corrected chi connectivity index (χ0v) is 4.91. The molecule has 0 aliphatic heterocycles. The highest BCUT2D eigenvalue weighted by Crippen LogP contribution is 2.21. The Balaban J connectivity index is 2.13. The first-order valence-electron chi connectivity index (χ1n) is 3.01. The third kappa shape index (κ3) is 1.13. The molecule has 1 radical (unpaired) electrons. The van der Waals surface area contributed by atoms with E-state index in [9.17, 15) is 0 Å². The molecule has 0 spiro atoms. The maximum Gasteiger partial charge on any atom is 0.0136 e. The van der Waals surface area contributed by atoms with Gasteiger partial charge in [0.25, 0.3) is 0 Å². The van der Waals surface area contributed by atoms with E-state index in [4.69, 9.17) is 6.42 Å². The summed E-state index contributed by atoms with van der Waals surface area (Å²) in [6.07, 6.45) is 13.3. The Bertz CT molecular complexity index is 135. The number of hydrogen-bond acceptors (Lipinski definition) is 0. The Hall–Kier alpha value is -0.700. The van der Waals surface area contributed by atoms with Crippen LogP contribution in [-0.4, -0.2) is 0 Å². The average molecular weight is 105 g/mol. The van der Waals surface area contributed by atoms with Gasteiger partial charge in [0, 0.05) is 6.42 Å². The molecule has 0 amide bonds. The molecular weight excluding hydrogens is 96.1 g/mol. The van der Waals surface area contributed by atoms with Crippen molar-refractivity contribution in [2.75, 3.05) is 0 Å². The highest BCUT2D eigenvalue weighted by Gasteiger charge is 2.02. The van der Waals surface area contributed by atoms with E-state index in [-0.39, 0.29) is 0 Å². The number of hydrogen-bond donors (Lipinski definition) is 0. The van der Waals surface area contributed by atoms with Crippen molar-refractivity contribution in [1.29, 1.82) is 0 Å². The fourth-order valence-electron chi connectivity index (χ4n) is 0.799. The summed E-state index contributed by atoms with van der Waals surface area (Å²) in [6, 6.07) is 0. The molecule has 0 aromatic carbocycles. The van der Waals surface area contributed by atoms with Crippen LogP contribution in [-0.2, 0) is 0 Å². The van der Waals surface area contributed by atoms with Crippen molar-refractivity contribution >= 4 is 0 Å². The molecule has 8 heavy (non-hydrogen) atoms. The lowest BCUT2D eigenvalue weighted by Gasteiger charge is -2.11. The summed E-state index contributed by atoms with van der Waals surface area (Å²) in [7, 11) is 0. The van der Waals surface area contributed by atoms with Crippen molar-refractivity contribution in [1.82, 2.24) is 0 Å². The Morgan fingerprint density at radius 3 is 2.88 bits per heavy atom. The molecular formula is C8H9. The quantitative estimate of drug-likeness (QED) is 0.372. The molecule has 0 nitrogen and oxygen atoms in total. The highest BCUT2D eigenvalue weighted by atomic mass is 14.1. The van der Waals surface area contributed by atoms with Gasteiger partial charge in [-0.15, -0.1) is 0 Å². The first-order valence-corrected chi connectivity index (χ1v) is 3.01. The smallest absolute Gasteiger partial charge is 0.0136 e. The van der Waals surface area contributed by atoms with Crippen LogP contribution in [0.2, 0.25) is 0 Å². The molecule has 0 atom stereocenters. The van der Waals surface area contributed by atoms with E-state index in [0.717, 1.165) is 12.8 Å². The Labute approximate surface area is 50.6 Å². The summed E-state index contributed by atoms with van der Waals surface area (Å²) < 4.78 is 0. The van der Waals surface area contributed by atoms with Crippen LogP contribution in [0, 0.1) is 12.3 Å². The standard InChI is InChI=1S/C8H9/c1-2-3-5-8-6-4-7-8/h6H,3-5,7H2. The van der Waals surface area contributed by atoms with E-state index >= 15 is 0 Å². The minimum absolute atomic E-state index is 0.811. The summed E-state index contributed by atoms with van der Waals surface area (Å²) in [6.45, 7) is 0. The van der Waals surface area contributed by atoms with Crippen LogP contribution in [0.25, 0.3) is 0 Å². The van der Waals surface area contributed by atoms with Gasteiger partial charge in [-0.25, -0.2) is 0 Å². The van der Waals surface area contributed by atoms with Gasteiger partial charge in [0.05, 0.1) is 0 Å². The van der Waals surface area contributed by atoms with E-state index in [0.29, 0.717) is 0 Å². The van der Waals surface area contributed by atoms with Crippen LogP contribution < -0.4 is 0 Å².